The topological polar surface area (TPSA) is 106 Å². The monoisotopic (exact) mass is 410 g/mol. The lowest BCUT2D eigenvalue weighted by molar-refractivity contribution is -0.119. The van der Waals surface area contributed by atoms with E-state index < -0.39 is 12.1 Å². The Bertz CT molecular complexity index is 806. The second-order valence-electron chi connectivity index (χ2n) is 6.13. The summed E-state index contributed by atoms with van der Waals surface area (Å²) in [5.74, 6) is -0.633. The van der Waals surface area contributed by atoms with E-state index in [9.17, 15) is 14.0 Å². The van der Waals surface area contributed by atoms with Crippen molar-refractivity contribution in [1.29, 1.82) is 0 Å². The van der Waals surface area contributed by atoms with Gasteiger partial charge >= 0.3 is 0 Å². The number of aromatic nitrogens is 1. The number of nitrogens with one attached hydrogen (secondary N) is 2. The molecular formula is C19H24ClFN4O3. The van der Waals surface area contributed by atoms with E-state index in [2.05, 4.69) is 22.2 Å². The number of ether oxygens (including phenoxy) is 1. The molecule has 0 saturated carbocycles. The molecule has 1 aromatic rings. The minimum absolute atomic E-state index is 0.0310. The fourth-order valence-electron chi connectivity index (χ4n) is 1.99. The van der Waals surface area contributed by atoms with Crippen LogP contribution in [-0.4, -0.2) is 29.6 Å². The maximum absolute atomic E-state index is 12.8. The van der Waals surface area contributed by atoms with Gasteiger partial charge in [0.25, 0.3) is 5.91 Å². The maximum Gasteiger partial charge on any atom is 0.251 e. The van der Waals surface area contributed by atoms with E-state index in [0.717, 1.165) is 0 Å². The molecule has 0 aliphatic heterocycles. The summed E-state index contributed by atoms with van der Waals surface area (Å²) in [7, 11) is 0. The predicted octanol–water partition coefficient (Wildman–Crippen LogP) is 2.53. The van der Waals surface area contributed by atoms with E-state index in [1.807, 2.05) is 0 Å². The molecular weight excluding hydrogens is 387 g/mol. The minimum Gasteiger partial charge on any atom is -0.474 e. The van der Waals surface area contributed by atoms with Crippen molar-refractivity contribution < 1.29 is 18.7 Å². The van der Waals surface area contributed by atoms with Gasteiger partial charge in [-0.2, -0.15) is 0 Å². The summed E-state index contributed by atoms with van der Waals surface area (Å²) in [6, 6.07) is 1.57. The normalized spacial score (nSPS) is 12.9. The number of halogens is 2. The number of carbonyl (C=O) groups is 2. The van der Waals surface area contributed by atoms with Crippen LogP contribution in [0.15, 0.2) is 48.0 Å². The third kappa shape index (κ3) is 8.68. The number of alkyl halides is 1. The van der Waals surface area contributed by atoms with Gasteiger partial charge in [0, 0.05) is 25.2 Å². The molecule has 7 nitrogen and oxygen atoms in total. The highest BCUT2D eigenvalue weighted by Gasteiger charge is 2.11. The molecule has 4 N–H and O–H groups in total. The Hall–Kier alpha value is -2.87. The Morgan fingerprint density at radius 3 is 2.64 bits per heavy atom. The van der Waals surface area contributed by atoms with E-state index in [1.165, 1.54) is 32.2 Å². The average Bonchev–Trinajstić information content (AvgIpc) is 2.56. The predicted molar refractivity (Wildman–Crippen MR) is 106 cm³/mol. The lowest BCUT2D eigenvalue weighted by atomic mass is 10.1. The van der Waals surface area contributed by atoms with Crippen molar-refractivity contribution in [3.8, 4) is 5.88 Å². The molecule has 1 atom stereocenters. The van der Waals surface area contributed by atoms with Gasteiger partial charge in [-0.25, -0.2) is 9.37 Å². The lowest BCUT2D eigenvalue weighted by Crippen LogP contribution is -2.28. The van der Waals surface area contributed by atoms with Crippen LogP contribution in [0.25, 0.3) is 0 Å². The van der Waals surface area contributed by atoms with Gasteiger partial charge in [0.05, 0.1) is 0 Å². The van der Waals surface area contributed by atoms with Crippen LogP contribution in [0.3, 0.4) is 0 Å². The van der Waals surface area contributed by atoms with Crippen LogP contribution in [0, 0.1) is 0 Å². The first kappa shape index (κ1) is 23.2. The van der Waals surface area contributed by atoms with Gasteiger partial charge in [0.2, 0.25) is 11.8 Å². The molecule has 0 radical (unpaired) electrons. The molecule has 1 aromatic heterocycles. The zero-order valence-corrected chi connectivity index (χ0v) is 16.8. The smallest absolute Gasteiger partial charge is 0.251 e. The van der Waals surface area contributed by atoms with Crippen LogP contribution in [0.5, 0.6) is 5.88 Å². The molecule has 0 aromatic carbocycles. The van der Waals surface area contributed by atoms with Crippen molar-refractivity contribution in [3.63, 3.8) is 0 Å². The minimum atomic E-state index is -1.15. The Morgan fingerprint density at radius 2 is 2.11 bits per heavy atom. The van der Waals surface area contributed by atoms with E-state index in [4.69, 9.17) is 22.1 Å². The largest absolute Gasteiger partial charge is 0.474 e. The number of amides is 2. The van der Waals surface area contributed by atoms with Gasteiger partial charge in [-0.05, 0) is 37.6 Å². The number of carbonyl (C=O) groups excluding carboxylic acids is 2. The van der Waals surface area contributed by atoms with Crippen molar-refractivity contribution >= 4 is 23.4 Å². The molecule has 0 spiro atoms. The van der Waals surface area contributed by atoms with E-state index in [-0.39, 0.29) is 41.4 Å². The van der Waals surface area contributed by atoms with Crippen LogP contribution in [-0.2, 0) is 16.1 Å². The molecule has 28 heavy (non-hydrogen) atoms. The Morgan fingerprint density at radius 1 is 1.43 bits per heavy atom. The zero-order chi connectivity index (χ0) is 21.3. The first-order valence-electron chi connectivity index (χ1n) is 8.40. The summed E-state index contributed by atoms with van der Waals surface area (Å²) in [6.45, 7) is 8.10. The number of rotatable bonds is 9. The Balaban J connectivity index is 2.83. The van der Waals surface area contributed by atoms with Crippen LogP contribution in [0.1, 0.15) is 26.3 Å². The number of pyridine rings is 1. The Kier molecular flexibility index (Phi) is 9.17. The molecule has 0 bridgehead atoms. The number of nitrogens with zero attached hydrogens (tertiary/aromatic N) is 1. The summed E-state index contributed by atoms with van der Waals surface area (Å²) in [5.41, 5.74) is 7.16. The molecule has 0 fully saturated rings. The van der Waals surface area contributed by atoms with Gasteiger partial charge in [0.1, 0.15) is 23.6 Å². The van der Waals surface area contributed by atoms with Crippen molar-refractivity contribution in [2.24, 2.45) is 5.73 Å². The summed E-state index contributed by atoms with van der Waals surface area (Å²) in [6.07, 6.45) is 3.19. The van der Waals surface area contributed by atoms with Gasteiger partial charge < -0.3 is 21.1 Å². The quantitative estimate of drug-likeness (QED) is 0.428. The van der Waals surface area contributed by atoms with Gasteiger partial charge in [-0.3, -0.25) is 9.59 Å². The molecule has 152 valence electrons. The Labute approximate surface area is 168 Å². The molecule has 0 aliphatic carbocycles. The van der Waals surface area contributed by atoms with Gasteiger partial charge in [-0.15, -0.1) is 0 Å². The standard InChI is InChI=1S/C19H24ClFN4O3/c1-11(2)5-15(7-17(22)25-13(4)26)18(27)23-8-14-6-16(20)19(24-9-14)28-10-12(3)21/h5-7,9,12H,1,8,10,22H2,2-4H3,(H,23,27)(H,25,26)/b15-5+,17-7+/t12-/m1/s1. The van der Waals surface area contributed by atoms with Crippen molar-refractivity contribution in [2.45, 2.75) is 33.5 Å². The highest BCUT2D eigenvalue weighted by Crippen LogP contribution is 2.22. The average molecular weight is 411 g/mol. The fraction of sp³-hybridized carbons (Fsp3) is 0.316. The second kappa shape index (κ2) is 11.1. The van der Waals surface area contributed by atoms with Gasteiger partial charge in [0.15, 0.2) is 0 Å². The lowest BCUT2D eigenvalue weighted by Gasteiger charge is -2.10. The fourth-order valence-corrected chi connectivity index (χ4v) is 2.23. The number of nitrogens with two attached hydrogens (primary N) is 1. The summed E-state index contributed by atoms with van der Waals surface area (Å²) in [5, 5.41) is 5.30. The number of hydrogen-bond donors (Lipinski definition) is 3. The van der Waals surface area contributed by atoms with E-state index in [0.29, 0.717) is 11.1 Å². The molecule has 2 amide bonds. The van der Waals surface area contributed by atoms with Crippen molar-refractivity contribution in [2.75, 3.05) is 6.61 Å². The molecule has 0 saturated heterocycles. The van der Waals surface area contributed by atoms with Crippen molar-refractivity contribution in [3.05, 3.63) is 58.5 Å². The molecule has 0 aliphatic rings. The SMILES string of the molecule is C=C(C)/C=C(\C=C(/N)NC(C)=O)C(=O)NCc1cnc(OC[C@@H](C)F)c(Cl)c1. The third-order valence-electron chi connectivity index (χ3n) is 3.06. The maximum atomic E-state index is 12.8. The molecule has 0 unspecified atom stereocenters. The van der Waals surface area contributed by atoms with Crippen LogP contribution in [0.4, 0.5) is 4.39 Å². The molecule has 1 rings (SSSR count). The highest BCUT2D eigenvalue weighted by atomic mass is 35.5. The third-order valence-corrected chi connectivity index (χ3v) is 3.33. The first-order valence-corrected chi connectivity index (χ1v) is 8.77. The second-order valence-corrected chi connectivity index (χ2v) is 6.54. The number of hydrogen-bond acceptors (Lipinski definition) is 5. The van der Waals surface area contributed by atoms with E-state index >= 15 is 0 Å². The number of allylic oxidation sites excluding steroid dienone is 2. The van der Waals surface area contributed by atoms with Crippen molar-refractivity contribution in [1.82, 2.24) is 15.6 Å². The highest BCUT2D eigenvalue weighted by molar-refractivity contribution is 6.31. The summed E-state index contributed by atoms with van der Waals surface area (Å²) < 4.78 is 18.0. The van der Waals surface area contributed by atoms with Crippen LogP contribution < -0.4 is 21.1 Å². The van der Waals surface area contributed by atoms with Gasteiger partial charge in [-0.1, -0.05) is 23.8 Å². The molecule has 1 heterocycles. The summed E-state index contributed by atoms with van der Waals surface area (Å²) >= 11 is 6.06. The zero-order valence-electron chi connectivity index (χ0n) is 16.0. The first-order chi connectivity index (χ1) is 13.1. The van der Waals surface area contributed by atoms with E-state index in [1.54, 1.807) is 13.0 Å². The summed E-state index contributed by atoms with van der Waals surface area (Å²) in [4.78, 5) is 27.5. The van der Waals surface area contributed by atoms with Crippen LogP contribution >= 0.6 is 11.6 Å². The molecule has 9 heteroatoms. The van der Waals surface area contributed by atoms with Crippen LogP contribution in [0.2, 0.25) is 5.02 Å².